The van der Waals surface area contributed by atoms with E-state index in [0.29, 0.717) is 35.0 Å². The molecule has 1 N–H and O–H groups in total. The summed E-state index contributed by atoms with van der Waals surface area (Å²) in [4.78, 5) is 8.40. The largest absolute Gasteiger partial charge is 0.439 e. The van der Waals surface area contributed by atoms with E-state index in [1.54, 1.807) is 29.8 Å². The third-order valence-corrected chi connectivity index (χ3v) is 5.45. The molecule has 2 aromatic heterocycles. The molecule has 0 amide bonds. The van der Waals surface area contributed by atoms with E-state index in [0.717, 1.165) is 17.8 Å². The second-order valence-corrected chi connectivity index (χ2v) is 6.99. The molecule has 0 radical (unpaired) electrons. The first-order valence-corrected chi connectivity index (χ1v) is 8.83. The molecule has 2 atom stereocenters. The topological polar surface area (TPSA) is 61.6 Å². The van der Waals surface area contributed by atoms with Crippen molar-refractivity contribution in [2.75, 3.05) is 5.01 Å². The van der Waals surface area contributed by atoms with Crippen molar-refractivity contribution >= 4 is 22.2 Å². The lowest BCUT2D eigenvalue weighted by atomic mass is 9.80. The van der Waals surface area contributed by atoms with E-state index < -0.39 is 17.8 Å². The molecule has 9 heteroatoms. The van der Waals surface area contributed by atoms with E-state index in [1.807, 2.05) is 0 Å². The van der Waals surface area contributed by atoms with Gasteiger partial charge in [-0.15, -0.1) is 11.3 Å². The van der Waals surface area contributed by atoms with Crippen LogP contribution in [0.25, 0.3) is 11.4 Å². The van der Waals surface area contributed by atoms with E-state index in [9.17, 15) is 18.3 Å². The molecule has 25 heavy (non-hydrogen) atoms. The Morgan fingerprint density at radius 1 is 1.24 bits per heavy atom. The first-order valence-electron chi connectivity index (χ1n) is 7.95. The number of alkyl halides is 3. The Hall–Kier alpha value is -2.00. The summed E-state index contributed by atoms with van der Waals surface area (Å²) in [5, 5.41) is 17.1. The minimum atomic E-state index is -4.84. The van der Waals surface area contributed by atoms with Crippen molar-refractivity contribution in [3.8, 4) is 11.4 Å². The van der Waals surface area contributed by atoms with Gasteiger partial charge in [0.15, 0.2) is 0 Å². The highest BCUT2D eigenvalue weighted by Crippen LogP contribution is 2.50. The van der Waals surface area contributed by atoms with Crippen LogP contribution < -0.4 is 5.01 Å². The number of hydrazone groups is 1. The summed E-state index contributed by atoms with van der Waals surface area (Å²) in [6.07, 6.45) is -1.08. The number of pyridine rings is 1. The van der Waals surface area contributed by atoms with Gasteiger partial charge in [-0.25, -0.2) is 4.98 Å². The van der Waals surface area contributed by atoms with Gasteiger partial charge in [0.05, 0.1) is 11.6 Å². The minimum Gasteiger partial charge on any atom is -0.362 e. The first-order chi connectivity index (χ1) is 11.9. The van der Waals surface area contributed by atoms with Crippen LogP contribution in [0.15, 0.2) is 34.9 Å². The maximum Gasteiger partial charge on any atom is 0.439 e. The van der Waals surface area contributed by atoms with Crippen molar-refractivity contribution in [1.82, 2.24) is 9.97 Å². The number of halogens is 3. The maximum absolute atomic E-state index is 13.8. The van der Waals surface area contributed by atoms with Gasteiger partial charge in [-0.05, 0) is 31.4 Å². The van der Waals surface area contributed by atoms with Crippen molar-refractivity contribution in [2.24, 2.45) is 11.0 Å². The van der Waals surface area contributed by atoms with Crippen molar-refractivity contribution < 1.29 is 18.3 Å². The number of anilines is 1. The Labute approximate surface area is 145 Å². The number of nitrogens with zero attached hydrogens (tertiary/aromatic N) is 4. The smallest absolute Gasteiger partial charge is 0.362 e. The summed E-state index contributed by atoms with van der Waals surface area (Å²) in [5.74, 6) is -1.04. The zero-order valence-corrected chi connectivity index (χ0v) is 13.9. The molecular formula is C16H15F3N4OS. The molecular weight excluding hydrogens is 353 g/mol. The van der Waals surface area contributed by atoms with Gasteiger partial charge in [-0.1, -0.05) is 12.5 Å². The van der Waals surface area contributed by atoms with E-state index >= 15 is 0 Å². The van der Waals surface area contributed by atoms with Crippen LogP contribution in [0.5, 0.6) is 0 Å². The van der Waals surface area contributed by atoms with E-state index in [4.69, 9.17) is 0 Å². The van der Waals surface area contributed by atoms with Gasteiger partial charge in [-0.3, -0.25) is 4.98 Å². The molecule has 1 aliphatic heterocycles. The third kappa shape index (κ3) is 2.53. The Morgan fingerprint density at radius 2 is 2.08 bits per heavy atom. The second-order valence-electron chi connectivity index (χ2n) is 6.16. The van der Waals surface area contributed by atoms with Crippen LogP contribution in [0.2, 0.25) is 0 Å². The number of rotatable bonds is 2. The number of hydrogen-bond acceptors (Lipinski definition) is 6. The minimum absolute atomic E-state index is 0.0161. The summed E-state index contributed by atoms with van der Waals surface area (Å²) in [6, 6.07) is 5.25. The summed E-state index contributed by atoms with van der Waals surface area (Å²) >= 11 is 1.01. The standard InChI is InChI=1S/C16H15F3N4OS/c17-16(18,19)15(24)10-5-1-2-6-11(10)22-23(15)14-21-13(9-25-14)12-7-3-4-8-20-12/h3-4,7-10,24H,1-2,5-6H2/t10-,15+/m0/s1. The van der Waals surface area contributed by atoms with Crippen molar-refractivity contribution in [1.29, 1.82) is 0 Å². The number of aliphatic hydroxyl groups is 1. The average Bonchev–Trinajstić information content (AvgIpc) is 3.19. The summed E-state index contributed by atoms with van der Waals surface area (Å²) in [6.45, 7) is 0. The van der Waals surface area contributed by atoms with Gasteiger partial charge in [0, 0.05) is 17.3 Å². The van der Waals surface area contributed by atoms with Crippen LogP contribution in [0.3, 0.4) is 0 Å². The number of fused-ring (bicyclic) bond motifs is 1. The number of thiazole rings is 1. The van der Waals surface area contributed by atoms with E-state index in [2.05, 4.69) is 15.1 Å². The normalized spacial score (nSPS) is 26.5. The second kappa shape index (κ2) is 5.77. The van der Waals surface area contributed by atoms with Gasteiger partial charge in [0.25, 0.3) is 5.72 Å². The third-order valence-electron chi connectivity index (χ3n) is 4.63. The van der Waals surface area contributed by atoms with Gasteiger partial charge in [0.2, 0.25) is 5.13 Å². The molecule has 2 aliphatic rings. The lowest BCUT2D eigenvalue weighted by Gasteiger charge is -2.38. The lowest BCUT2D eigenvalue weighted by molar-refractivity contribution is -0.269. The molecule has 5 nitrogen and oxygen atoms in total. The summed E-state index contributed by atoms with van der Waals surface area (Å²) < 4.78 is 41.3. The highest BCUT2D eigenvalue weighted by Gasteiger charge is 2.67. The fourth-order valence-electron chi connectivity index (χ4n) is 3.40. The summed E-state index contributed by atoms with van der Waals surface area (Å²) in [5.41, 5.74) is -1.62. The highest BCUT2D eigenvalue weighted by atomic mass is 32.1. The quantitative estimate of drug-likeness (QED) is 0.875. The van der Waals surface area contributed by atoms with Crippen LogP contribution >= 0.6 is 11.3 Å². The molecule has 0 saturated heterocycles. The molecule has 132 valence electrons. The van der Waals surface area contributed by atoms with E-state index in [1.165, 1.54) is 0 Å². The molecule has 4 rings (SSSR count). The Morgan fingerprint density at radius 3 is 2.80 bits per heavy atom. The Balaban J connectivity index is 1.75. The Bertz CT molecular complexity index is 807. The van der Waals surface area contributed by atoms with Gasteiger partial charge in [0.1, 0.15) is 5.69 Å². The fraction of sp³-hybridized carbons (Fsp3) is 0.438. The molecule has 1 fully saturated rings. The maximum atomic E-state index is 13.8. The molecule has 1 saturated carbocycles. The lowest BCUT2D eigenvalue weighted by Crippen LogP contribution is -2.60. The first kappa shape index (κ1) is 16.5. The fourth-order valence-corrected chi connectivity index (χ4v) is 4.22. The van der Waals surface area contributed by atoms with Crippen LogP contribution in [0.4, 0.5) is 18.3 Å². The molecule has 0 aromatic carbocycles. The van der Waals surface area contributed by atoms with Gasteiger partial charge in [-0.2, -0.15) is 23.3 Å². The average molecular weight is 368 g/mol. The van der Waals surface area contributed by atoms with Gasteiger partial charge < -0.3 is 5.11 Å². The highest BCUT2D eigenvalue weighted by molar-refractivity contribution is 7.14. The van der Waals surface area contributed by atoms with Crippen LogP contribution in [0, 0.1) is 5.92 Å². The predicted molar refractivity (Wildman–Crippen MR) is 88.2 cm³/mol. The van der Waals surface area contributed by atoms with Crippen molar-refractivity contribution in [3.05, 3.63) is 29.8 Å². The monoisotopic (exact) mass is 368 g/mol. The van der Waals surface area contributed by atoms with E-state index in [-0.39, 0.29) is 11.6 Å². The molecule has 3 heterocycles. The number of hydrogen-bond donors (Lipinski definition) is 1. The zero-order valence-electron chi connectivity index (χ0n) is 13.1. The summed E-state index contributed by atoms with van der Waals surface area (Å²) in [7, 11) is 0. The molecule has 2 aromatic rings. The van der Waals surface area contributed by atoms with Gasteiger partial charge >= 0.3 is 6.18 Å². The Kier molecular flexibility index (Phi) is 3.80. The molecule has 0 bridgehead atoms. The van der Waals surface area contributed by atoms with Crippen molar-refractivity contribution in [2.45, 2.75) is 37.6 Å². The zero-order chi connectivity index (χ0) is 17.7. The van der Waals surface area contributed by atoms with Crippen molar-refractivity contribution in [3.63, 3.8) is 0 Å². The van der Waals surface area contributed by atoms with Crippen LogP contribution in [-0.4, -0.2) is 32.7 Å². The molecule has 1 aliphatic carbocycles. The van der Waals surface area contributed by atoms with Crippen LogP contribution in [0.1, 0.15) is 25.7 Å². The molecule has 0 unspecified atom stereocenters. The SMILES string of the molecule is O[C@@]1(C(F)(F)F)[C@H]2CCCCC2=NN1c1nc(-c2ccccn2)cs1. The van der Waals surface area contributed by atoms with Crippen LogP contribution in [-0.2, 0) is 0 Å². The predicted octanol–water partition coefficient (Wildman–Crippen LogP) is 3.82. The number of aromatic nitrogens is 2. The molecule has 0 spiro atoms.